The predicted octanol–water partition coefficient (Wildman–Crippen LogP) is 3.24. The summed E-state index contributed by atoms with van der Waals surface area (Å²) >= 11 is 0. The smallest absolute Gasteiger partial charge is 0.280 e. The van der Waals surface area contributed by atoms with Crippen LogP contribution in [-0.2, 0) is 9.59 Å². The summed E-state index contributed by atoms with van der Waals surface area (Å²) in [5.41, 5.74) is -0.145. The minimum Gasteiger partial charge on any atom is -0.465 e. The number of hydrogen-bond acceptors (Lipinski definition) is 3. The zero-order chi connectivity index (χ0) is 18.0. The van der Waals surface area contributed by atoms with E-state index in [1.54, 1.807) is 22.8 Å². The van der Waals surface area contributed by atoms with Crippen LogP contribution in [0.2, 0.25) is 0 Å². The lowest BCUT2D eigenvalue weighted by atomic mass is 9.98. The first-order valence-electron chi connectivity index (χ1n) is 8.50. The molecule has 1 unspecified atom stereocenters. The standard InChI is InChI=1S/C20H22N2O3/c1-4-21(15-11-7-6-8-12-15)18(23)20(3)19(24)22(5-2)16-13-9-10-14-17(16)25-20/h6-14H,4-5H2,1-3H3. The van der Waals surface area contributed by atoms with Crippen LogP contribution >= 0.6 is 0 Å². The summed E-state index contributed by atoms with van der Waals surface area (Å²) in [4.78, 5) is 29.6. The van der Waals surface area contributed by atoms with Gasteiger partial charge in [-0.05, 0) is 45.0 Å². The van der Waals surface area contributed by atoms with E-state index in [2.05, 4.69) is 0 Å². The summed E-state index contributed by atoms with van der Waals surface area (Å²) in [5, 5.41) is 0. The number of hydrogen-bond donors (Lipinski definition) is 0. The molecule has 0 spiro atoms. The number of carbonyl (C=O) groups excluding carboxylic acids is 2. The molecule has 2 amide bonds. The highest BCUT2D eigenvalue weighted by Crippen LogP contribution is 2.38. The maximum absolute atomic E-state index is 13.3. The maximum Gasteiger partial charge on any atom is 0.280 e. The Morgan fingerprint density at radius 2 is 1.72 bits per heavy atom. The van der Waals surface area contributed by atoms with Crippen molar-refractivity contribution in [1.82, 2.24) is 0 Å². The molecule has 25 heavy (non-hydrogen) atoms. The Kier molecular flexibility index (Phi) is 4.49. The summed E-state index contributed by atoms with van der Waals surface area (Å²) in [6.45, 7) is 6.25. The molecule has 1 aliphatic heterocycles. The van der Waals surface area contributed by atoms with Crippen LogP contribution in [0.15, 0.2) is 54.6 Å². The average molecular weight is 338 g/mol. The Morgan fingerprint density at radius 1 is 1.08 bits per heavy atom. The minimum atomic E-state index is -1.59. The normalized spacial score (nSPS) is 19.2. The summed E-state index contributed by atoms with van der Waals surface area (Å²) in [5.74, 6) is -0.156. The van der Waals surface area contributed by atoms with E-state index >= 15 is 0 Å². The van der Waals surface area contributed by atoms with E-state index in [1.165, 1.54) is 0 Å². The molecule has 0 aliphatic carbocycles. The van der Waals surface area contributed by atoms with E-state index in [-0.39, 0.29) is 11.8 Å². The van der Waals surface area contributed by atoms with Crippen molar-refractivity contribution >= 4 is 23.2 Å². The fourth-order valence-electron chi connectivity index (χ4n) is 3.15. The highest BCUT2D eigenvalue weighted by Gasteiger charge is 2.52. The summed E-state index contributed by atoms with van der Waals surface area (Å²) in [6.07, 6.45) is 0. The molecule has 130 valence electrons. The van der Waals surface area contributed by atoms with Crippen molar-refractivity contribution in [3.63, 3.8) is 0 Å². The first kappa shape index (κ1) is 17.0. The maximum atomic E-state index is 13.3. The molecule has 1 heterocycles. The van der Waals surface area contributed by atoms with Crippen LogP contribution in [0.4, 0.5) is 11.4 Å². The molecule has 2 aromatic rings. The molecule has 2 aromatic carbocycles. The highest BCUT2D eigenvalue weighted by atomic mass is 16.5. The van der Waals surface area contributed by atoms with E-state index < -0.39 is 5.60 Å². The monoisotopic (exact) mass is 338 g/mol. The predicted molar refractivity (Wildman–Crippen MR) is 98.0 cm³/mol. The second kappa shape index (κ2) is 6.59. The van der Waals surface area contributed by atoms with Crippen molar-refractivity contribution in [2.24, 2.45) is 0 Å². The Balaban J connectivity index is 2.03. The molecule has 1 atom stereocenters. The van der Waals surface area contributed by atoms with Gasteiger partial charge in [-0.15, -0.1) is 0 Å². The van der Waals surface area contributed by atoms with Gasteiger partial charge in [0.2, 0.25) is 0 Å². The van der Waals surface area contributed by atoms with Crippen LogP contribution in [0.5, 0.6) is 5.75 Å². The number of ether oxygens (including phenoxy) is 1. The number of likely N-dealkylation sites (N-methyl/N-ethyl adjacent to an activating group) is 2. The molecule has 0 radical (unpaired) electrons. The van der Waals surface area contributed by atoms with Gasteiger partial charge in [0.25, 0.3) is 17.4 Å². The molecule has 0 aromatic heterocycles. The van der Waals surface area contributed by atoms with Gasteiger partial charge >= 0.3 is 0 Å². The van der Waals surface area contributed by atoms with Gasteiger partial charge in [0.15, 0.2) is 0 Å². The second-order valence-corrected chi connectivity index (χ2v) is 6.04. The number of nitrogens with zero attached hydrogens (tertiary/aromatic N) is 2. The third kappa shape index (κ3) is 2.76. The fourth-order valence-corrected chi connectivity index (χ4v) is 3.15. The van der Waals surface area contributed by atoms with Crippen LogP contribution < -0.4 is 14.5 Å². The number of fused-ring (bicyclic) bond motifs is 1. The number of rotatable bonds is 4. The van der Waals surface area contributed by atoms with Gasteiger partial charge in [-0.1, -0.05) is 30.3 Å². The van der Waals surface area contributed by atoms with Crippen LogP contribution in [-0.4, -0.2) is 30.5 Å². The number of benzene rings is 2. The lowest BCUT2D eigenvalue weighted by Gasteiger charge is -2.41. The van der Waals surface area contributed by atoms with Crippen LogP contribution in [0.1, 0.15) is 20.8 Å². The van der Waals surface area contributed by atoms with Crippen molar-refractivity contribution < 1.29 is 14.3 Å². The minimum absolute atomic E-state index is 0.340. The Morgan fingerprint density at radius 3 is 2.36 bits per heavy atom. The molecule has 0 bridgehead atoms. The third-order valence-corrected chi connectivity index (χ3v) is 4.48. The Bertz CT molecular complexity index is 791. The first-order chi connectivity index (χ1) is 12.0. The van der Waals surface area contributed by atoms with Gasteiger partial charge in [0.05, 0.1) is 5.69 Å². The van der Waals surface area contributed by atoms with Crippen molar-refractivity contribution in [3.05, 3.63) is 54.6 Å². The zero-order valence-electron chi connectivity index (χ0n) is 14.7. The Labute approximate surface area is 147 Å². The topological polar surface area (TPSA) is 49.9 Å². The number of anilines is 2. The van der Waals surface area contributed by atoms with Crippen LogP contribution in [0.3, 0.4) is 0 Å². The molecule has 0 saturated carbocycles. The molecule has 0 saturated heterocycles. The number of para-hydroxylation sites is 3. The van der Waals surface area contributed by atoms with E-state index in [0.29, 0.717) is 24.5 Å². The molecular weight excluding hydrogens is 316 g/mol. The largest absolute Gasteiger partial charge is 0.465 e. The molecule has 0 N–H and O–H groups in total. The van der Waals surface area contributed by atoms with Gasteiger partial charge in [-0.2, -0.15) is 0 Å². The zero-order valence-corrected chi connectivity index (χ0v) is 14.7. The molecule has 3 rings (SSSR count). The number of carbonyl (C=O) groups is 2. The Hall–Kier alpha value is -2.82. The molecular formula is C20H22N2O3. The second-order valence-electron chi connectivity index (χ2n) is 6.04. The van der Waals surface area contributed by atoms with Gasteiger partial charge in [0.1, 0.15) is 5.75 Å². The SMILES string of the molecule is CCN(C(=O)C1(C)Oc2ccccc2N(CC)C1=O)c1ccccc1. The third-order valence-electron chi connectivity index (χ3n) is 4.48. The summed E-state index contributed by atoms with van der Waals surface area (Å²) in [7, 11) is 0. The van der Waals surface area contributed by atoms with E-state index in [9.17, 15) is 9.59 Å². The fraction of sp³-hybridized carbons (Fsp3) is 0.300. The van der Waals surface area contributed by atoms with Gasteiger partial charge in [0, 0.05) is 18.8 Å². The number of amides is 2. The summed E-state index contributed by atoms with van der Waals surface area (Å²) in [6, 6.07) is 16.6. The van der Waals surface area contributed by atoms with Crippen molar-refractivity contribution in [2.45, 2.75) is 26.4 Å². The quantitative estimate of drug-likeness (QED) is 0.804. The van der Waals surface area contributed by atoms with E-state index in [4.69, 9.17) is 4.74 Å². The van der Waals surface area contributed by atoms with Gasteiger partial charge < -0.3 is 14.5 Å². The highest BCUT2D eigenvalue weighted by molar-refractivity contribution is 6.20. The lowest BCUT2D eigenvalue weighted by Crippen LogP contribution is -2.63. The average Bonchev–Trinajstić information content (AvgIpc) is 2.64. The van der Waals surface area contributed by atoms with Crippen molar-refractivity contribution in [1.29, 1.82) is 0 Å². The molecule has 5 nitrogen and oxygen atoms in total. The molecule has 0 fully saturated rings. The van der Waals surface area contributed by atoms with Crippen molar-refractivity contribution in [3.8, 4) is 5.75 Å². The lowest BCUT2D eigenvalue weighted by molar-refractivity contribution is -0.146. The molecule has 5 heteroatoms. The first-order valence-corrected chi connectivity index (χ1v) is 8.50. The van der Waals surface area contributed by atoms with Gasteiger partial charge in [-0.25, -0.2) is 0 Å². The van der Waals surface area contributed by atoms with E-state index in [1.807, 2.05) is 62.4 Å². The van der Waals surface area contributed by atoms with Crippen LogP contribution in [0, 0.1) is 0 Å². The van der Waals surface area contributed by atoms with Gasteiger partial charge in [-0.3, -0.25) is 9.59 Å². The molecule has 1 aliphatic rings. The summed E-state index contributed by atoms with van der Waals surface area (Å²) < 4.78 is 5.95. The van der Waals surface area contributed by atoms with Crippen molar-refractivity contribution in [2.75, 3.05) is 22.9 Å². The van der Waals surface area contributed by atoms with E-state index in [0.717, 1.165) is 5.69 Å². The van der Waals surface area contributed by atoms with Crippen LogP contribution in [0.25, 0.3) is 0 Å².